The van der Waals surface area contributed by atoms with Crippen LogP contribution in [0.15, 0.2) is 77.9 Å². The summed E-state index contributed by atoms with van der Waals surface area (Å²) in [5.74, 6) is -2.75. The highest BCUT2D eigenvalue weighted by atomic mass is 35.5. The molecule has 0 aliphatic carbocycles. The Morgan fingerprint density at radius 1 is 0.970 bits per heavy atom. The topological polar surface area (TPSA) is 140 Å². The van der Waals surface area contributed by atoms with Gasteiger partial charge in [0.1, 0.15) is 11.3 Å². The average molecular weight is 467 g/mol. The molecule has 0 unspecified atom stereocenters. The lowest BCUT2D eigenvalue weighted by Gasteiger charge is -2.06. The fraction of sp³-hybridized carbons (Fsp3) is 0. The molecule has 3 rings (SSSR count). The minimum atomic E-state index is -1.01. The van der Waals surface area contributed by atoms with E-state index in [0.717, 1.165) is 0 Å². The van der Waals surface area contributed by atoms with Crippen molar-refractivity contribution in [2.75, 3.05) is 5.32 Å². The molecule has 10 nitrogen and oxygen atoms in total. The van der Waals surface area contributed by atoms with Gasteiger partial charge in [-0.05, 0) is 42.0 Å². The first-order chi connectivity index (χ1) is 15.8. The first kappa shape index (κ1) is 23.1. The third-order valence-electron chi connectivity index (χ3n) is 4.06. The van der Waals surface area contributed by atoms with Gasteiger partial charge in [0.15, 0.2) is 0 Å². The van der Waals surface area contributed by atoms with Crippen molar-refractivity contribution >= 4 is 47.0 Å². The number of hydrogen-bond acceptors (Lipinski definition) is 7. The number of nitro benzene ring substituents is 1. The number of nitrogens with one attached hydrogen (secondary N) is 2. The largest absolute Gasteiger partial charge is 0.423 e. The Hall–Kier alpha value is -4.57. The predicted octanol–water partition coefficient (Wildman–Crippen LogP) is 3.56. The number of hydrogen-bond donors (Lipinski definition) is 2. The number of benzene rings is 3. The summed E-state index contributed by atoms with van der Waals surface area (Å²) in [6, 6.07) is 17.7. The summed E-state index contributed by atoms with van der Waals surface area (Å²) in [5.41, 5.74) is 2.28. The maximum atomic E-state index is 12.3. The number of hydrazone groups is 1. The molecule has 0 atom stereocenters. The maximum Gasteiger partial charge on any atom is 0.350 e. The van der Waals surface area contributed by atoms with Crippen LogP contribution in [0.1, 0.15) is 15.9 Å². The first-order valence-corrected chi connectivity index (χ1v) is 9.67. The number of carbonyl (C=O) groups excluding carboxylic acids is 3. The number of carbonyl (C=O) groups is 3. The molecule has 33 heavy (non-hydrogen) atoms. The van der Waals surface area contributed by atoms with E-state index in [2.05, 4.69) is 15.8 Å². The minimum Gasteiger partial charge on any atom is -0.423 e. The molecule has 0 fully saturated rings. The van der Waals surface area contributed by atoms with Gasteiger partial charge in [0, 0.05) is 16.8 Å². The highest BCUT2D eigenvalue weighted by molar-refractivity contribution is 6.39. The van der Waals surface area contributed by atoms with E-state index in [-0.39, 0.29) is 17.0 Å². The van der Waals surface area contributed by atoms with Crippen LogP contribution in [0, 0.1) is 10.1 Å². The number of amides is 2. The van der Waals surface area contributed by atoms with Crippen molar-refractivity contribution in [2.24, 2.45) is 5.10 Å². The lowest BCUT2D eigenvalue weighted by molar-refractivity contribution is -0.385. The smallest absolute Gasteiger partial charge is 0.350 e. The Balaban J connectivity index is 1.60. The second-order valence-corrected chi connectivity index (χ2v) is 6.84. The number of nitrogens with zero attached hydrogens (tertiary/aromatic N) is 2. The number of rotatable bonds is 6. The van der Waals surface area contributed by atoms with Crippen LogP contribution in [0.25, 0.3) is 0 Å². The summed E-state index contributed by atoms with van der Waals surface area (Å²) in [6.07, 6.45) is 1.23. The summed E-state index contributed by atoms with van der Waals surface area (Å²) in [4.78, 5) is 46.5. The van der Waals surface area contributed by atoms with E-state index in [9.17, 15) is 24.5 Å². The molecule has 3 aromatic rings. The van der Waals surface area contributed by atoms with E-state index in [0.29, 0.717) is 16.3 Å². The lowest BCUT2D eigenvalue weighted by Crippen LogP contribution is -2.32. The first-order valence-electron chi connectivity index (χ1n) is 9.29. The molecule has 166 valence electrons. The van der Waals surface area contributed by atoms with Gasteiger partial charge in [0.25, 0.3) is 5.69 Å². The molecule has 0 aromatic heterocycles. The SMILES string of the molecule is O=C(N/N=C/c1cccc(OC(=O)c2ccccc2[N+](=O)[O-])c1)C(=O)Nc1cccc(Cl)c1. The van der Waals surface area contributed by atoms with Crippen molar-refractivity contribution in [3.05, 3.63) is 99.1 Å². The van der Waals surface area contributed by atoms with Gasteiger partial charge in [-0.3, -0.25) is 19.7 Å². The van der Waals surface area contributed by atoms with Gasteiger partial charge in [0.2, 0.25) is 0 Å². The molecule has 0 heterocycles. The van der Waals surface area contributed by atoms with Crippen LogP contribution in [0.3, 0.4) is 0 Å². The normalized spacial score (nSPS) is 10.5. The van der Waals surface area contributed by atoms with Gasteiger partial charge in [-0.1, -0.05) is 41.9 Å². The molecule has 2 amide bonds. The summed E-state index contributed by atoms with van der Waals surface area (Å²) in [5, 5.41) is 17.6. The maximum absolute atomic E-state index is 12.3. The predicted molar refractivity (Wildman–Crippen MR) is 120 cm³/mol. The Labute approximate surface area is 192 Å². The zero-order valence-corrected chi connectivity index (χ0v) is 17.5. The van der Waals surface area contributed by atoms with Crippen LogP contribution < -0.4 is 15.5 Å². The molecule has 0 aliphatic rings. The summed E-state index contributed by atoms with van der Waals surface area (Å²) >= 11 is 5.82. The van der Waals surface area contributed by atoms with Gasteiger partial charge in [-0.25, -0.2) is 10.2 Å². The summed E-state index contributed by atoms with van der Waals surface area (Å²) < 4.78 is 5.21. The van der Waals surface area contributed by atoms with E-state index in [1.165, 1.54) is 48.7 Å². The van der Waals surface area contributed by atoms with E-state index in [1.807, 2.05) is 0 Å². The Kier molecular flexibility index (Phi) is 7.45. The van der Waals surface area contributed by atoms with Crippen LogP contribution in [0.4, 0.5) is 11.4 Å². The quantitative estimate of drug-likeness (QED) is 0.142. The van der Waals surface area contributed by atoms with E-state index >= 15 is 0 Å². The Morgan fingerprint density at radius 3 is 2.48 bits per heavy atom. The number of anilines is 1. The second kappa shape index (κ2) is 10.6. The van der Waals surface area contributed by atoms with E-state index in [4.69, 9.17) is 16.3 Å². The lowest BCUT2D eigenvalue weighted by atomic mass is 10.2. The zero-order valence-electron chi connectivity index (χ0n) is 16.7. The van der Waals surface area contributed by atoms with Crippen LogP contribution in [0.5, 0.6) is 5.75 Å². The van der Waals surface area contributed by atoms with Crippen molar-refractivity contribution in [2.45, 2.75) is 0 Å². The molecule has 0 saturated heterocycles. The van der Waals surface area contributed by atoms with Crippen LogP contribution in [0.2, 0.25) is 5.02 Å². The standard InChI is InChI=1S/C22H15ClN4O6/c23-15-6-4-7-16(12-15)25-20(28)21(29)26-24-13-14-5-3-8-17(11-14)33-22(30)18-9-1-2-10-19(18)27(31)32/h1-13H,(H,25,28)(H,26,29)/b24-13+. The fourth-order valence-electron chi connectivity index (χ4n) is 2.60. The molecule has 0 saturated carbocycles. The second-order valence-electron chi connectivity index (χ2n) is 6.40. The van der Waals surface area contributed by atoms with Crippen molar-refractivity contribution in [3.8, 4) is 5.75 Å². The highest BCUT2D eigenvalue weighted by Gasteiger charge is 2.21. The van der Waals surface area contributed by atoms with Crippen LogP contribution in [-0.4, -0.2) is 28.9 Å². The molecular formula is C22H15ClN4O6. The fourth-order valence-corrected chi connectivity index (χ4v) is 2.79. The number of para-hydroxylation sites is 1. The van der Waals surface area contributed by atoms with Crippen molar-refractivity contribution in [3.63, 3.8) is 0 Å². The molecule has 2 N–H and O–H groups in total. The number of halogens is 1. The molecule has 0 spiro atoms. The van der Waals surface area contributed by atoms with Crippen LogP contribution in [-0.2, 0) is 9.59 Å². The van der Waals surface area contributed by atoms with E-state index in [1.54, 1.807) is 30.3 Å². The van der Waals surface area contributed by atoms with Crippen molar-refractivity contribution < 1.29 is 24.0 Å². The summed E-state index contributed by atoms with van der Waals surface area (Å²) in [7, 11) is 0. The third-order valence-corrected chi connectivity index (χ3v) is 4.29. The van der Waals surface area contributed by atoms with Crippen molar-refractivity contribution in [1.82, 2.24) is 5.43 Å². The number of esters is 1. The highest BCUT2D eigenvalue weighted by Crippen LogP contribution is 2.21. The number of nitro groups is 1. The molecule has 3 aromatic carbocycles. The van der Waals surface area contributed by atoms with Gasteiger partial charge in [-0.2, -0.15) is 5.10 Å². The van der Waals surface area contributed by atoms with E-state index < -0.39 is 22.7 Å². The number of ether oxygens (including phenoxy) is 1. The molecule has 11 heteroatoms. The van der Waals surface area contributed by atoms with Crippen molar-refractivity contribution in [1.29, 1.82) is 0 Å². The molecule has 0 bridgehead atoms. The average Bonchev–Trinajstić information content (AvgIpc) is 2.79. The zero-order chi connectivity index (χ0) is 23.8. The third kappa shape index (κ3) is 6.45. The van der Waals surface area contributed by atoms with Gasteiger partial charge < -0.3 is 10.1 Å². The summed E-state index contributed by atoms with van der Waals surface area (Å²) in [6.45, 7) is 0. The van der Waals surface area contributed by atoms with Gasteiger partial charge in [0.05, 0.1) is 11.1 Å². The molecular weight excluding hydrogens is 452 g/mol. The monoisotopic (exact) mass is 466 g/mol. The van der Waals surface area contributed by atoms with Gasteiger partial charge in [-0.15, -0.1) is 0 Å². The minimum absolute atomic E-state index is 0.104. The van der Waals surface area contributed by atoms with Gasteiger partial charge >= 0.3 is 17.8 Å². The molecule has 0 radical (unpaired) electrons. The Morgan fingerprint density at radius 2 is 1.73 bits per heavy atom. The van der Waals surface area contributed by atoms with Crippen LogP contribution >= 0.6 is 11.6 Å². The Bertz CT molecular complexity index is 1260. The molecule has 0 aliphatic heterocycles.